The predicted octanol–water partition coefficient (Wildman–Crippen LogP) is 2.53. The minimum absolute atomic E-state index is 0.0104. The molecule has 9 nitrogen and oxygen atoms in total. The van der Waals surface area contributed by atoms with Crippen LogP contribution in [0, 0.1) is 10.1 Å². The number of carbonyl (C=O) groups is 1. The topological polar surface area (TPSA) is 131 Å². The van der Waals surface area contributed by atoms with Crippen molar-refractivity contribution in [2.75, 3.05) is 11.1 Å². The molecule has 2 aromatic rings. The second-order valence-electron chi connectivity index (χ2n) is 6.38. The molecule has 0 fully saturated rings. The summed E-state index contributed by atoms with van der Waals surface area (Å²) in [6.07, 6.45) is 1.27. The van der Waals surface area contributed by atoms with E-state index in [0.29, 0.717) is 5.56 Å². The molecule has 0 aliphatic rings. The first-order valence-electron chi connectivity index (χ1n) is 8.65. The highest BCUT2D eigenvalue weighted by Gasteiger charge is 2.19. The van der Waals surface area contributed by atoms with E-state index in [-0.39, 0.29) is 40.3 Å². The molecule has 0 saturated carbocycles. The van der Waals surface area contributed by atoms with Gasteiger partial charge in [-0.15, -0.1) is 0 Å². The molecule has 0 atom stereocenters. The molecule has 0 spiro atoms. The summed E-state index contributed by atoms with van der Waals surface area (Å²) in [5.41, 5.74) is 0.477. The number of aromatic nitrogens is 1. The first-order valence-corrected chi connectivity index (χ1v) is 10.3. The van der Waals surface area contributed by atoms with E-state index in [2.05, 4.69) is 15.6 Å². The van der Waals surface area contributed by atoms with Crippen molar-refractivity contribution in [1.82, 2.24) is 10.3 Å². The highest BCUT2D eigenvalue weighted by molar-refractivity contribution is 7.91. The SMILES string of the molecule is CCS(=O)(=O)c1ccc(CNC(=O)c2cnc(NC(C)C)c([N+](=O)[O-])c2)cc1. The first-order chi connectivity index (χ1) is 13.1. The fourth-order valence-electron chi connectivity index (χ4n) is 2.37. The van der Waals surface area contributed by atoms with Crippen LogP contribution in [0.3, 0.4) is 0 Å². The van der Waals surface area contributed by atoms with Crippen molar-refractivity contribution in [3.8, 4) is 0 Å². The third-order valence-electron chi connectivity index (χ3n) is 3.87. The lowest BCUT2D eigenvalue weighted by Gasteiger charge is -2.10. The molecule has 28 heavy (non-hydrogen) atoms. The van der Waals surface area contributed by atoms with Gasteiger partial charge < -0.3 is 10.6 Å². The van der Waals surface area contributed by atoms with E-state index >= 15 is 0 Å². The number of nitro groups is 1. The number of anilines is 1. The average Bonchev–Trinajstić information content (AvgIpc) is 2.66. The van der Waals surface area contributed by atoms with Gasteiger partial charge in [-0.25, -0.2) is 13.4 Å². The highest BCUT2D eigenvalue weighted by atomic mass is 32.2. The summed E-state index contributed by atoms with van der Waals surface area (Å²) in [7, 11) is -3.28. The summed E-state index contributed by atoms with van der Waals surface area (Å²) in [6.45, 7) is 5.36. The van der Waals surface area contributed by atoms with Crippen molar-refractivity contribution >= 4 is 27.2 Å². The maximum absolute atomic E-state index is 12.3. The van der Waals surface area contributed by atoms with E-state index in [4.69, 9.17) is 0 Å². The second-order valence-corrected chi connectivity index (χ2v) is 8.66. The van der Waals surface area contributed by atoms with Crippen LogP contribution in [0.25, 0.3) is 0 Å². The molecule has 2 rings (SSSR count). The van der Waals surface area contributed by atoms with E-state index in [1.807, 2.05) is 13.8 Å². The zero-order valence-corrected chi connectivity index (χ0v) is 16.6. The number of hydrogen-bond acceptors (Lipinski definition) is 7. The quantitative estimate of drug-likeness (QED) is 0.508. The van der Waals surface area contributed by atoms with Gasteiger partial charge in [0.05, 0.1) is 21.1 Å². The third-order valence-corrected chi connectivity index (χ3v) is 5.62. The van der Waals surface area contributed by atoms with E-state index in [9.17, 15) is 23.3 Å². The summed E-state index contributed by atoms with van der Waals surface area (Å²) < 4.78 is 23.6. The third kappa shape index (κ3) is 5.26. The minimum atomic E-state index is -3.28. The van der Waals surface area contributed by atoms with Gasteiger partial charge in [0.1, 0.15) is 0 Å². The molecule has 0 aliphatic carbocycles. The fraction of sp³-hybridized carbons (Fsp3) is 0.333. The van der Waals surface area contributed by atoms with Gasteiger partial charge in [-0.05, 0) is 31.5 Å². The van der Waals surface area contributed by atoms with Crippen molar-refractivity contribution < 1.29 is 18.1 Å². The lowest BCUT2D eigenvalue weighted by molar-refractivity contribution is -0.384. The predicted molar refractivity (Wildman–Crippen MR) is 105 cm³/mol. The maximum Gasteiger partial charge on any atom is 0.312 e. The van der Waals surface area contributed by atoms with Gasteiger partial charge in [0.2, 0.25) is 5.82 Å². The molecule has 0 bridgehead atoms. The molecule has 0 radical (unpaired) electrons. The molecular weight excluding hydrogens is 384 g/mol. The van der Waals surface area contributed by atoms with E-state index in [1.165, 1.54) is 24.4 Å². The van der Waals surface area contributed by atoms with Crippen LogP contribution in [0.1, 0.15) is 36.7 Å². The van der Waals surface area contributed by atoms with Crippen LogP contribution in [-0.4, -0.2) is 36.0 Å². The Morgan fingerprint density at radius 3 is 2.43 bits per heavy atom. The van der Waals surface area contributed by atoms with Gasteiger partial charge in [-0.1, -0.05) is 19.1 Å². The Kier molecular flexibility index (Phi) is 6.68. The molecule has 1 heterocycles. The summed E-state index contributed by atoms with van der Waals surface area (Å²) in [4.78, 5) is 27.2. The Hall–Kier alpha value is -3.01. The van der Waals surface area contributed by atoms with Crippen LogP contribution in [0.4, 0.5) is 11.5 Å². The van der Waals surface area contributed by atoms with Gasteiger partial charge in [0.15, 0.2) is 9.84 Å². The molecular formula is C18H22N4O5S. The zero-order valence-electron chi connectivity index (χ0n) is 15.8. The van der Waals surface area contributed by atoms with Gasteiger partial charge in [-0.2, -0.15) is 0 Å². The smallest absolute Gasteiger partial charge is 0.312 e. The Balaban J connectivity index is 2.11. The number of nitrogens with zero attached hydrogens (tertiary/aromatic N) is 2. The lowest BCUT2D eigenvalue weighted by atomic mass is 10.2. The Labute approximate surface area is 163 Å². The van der Waals surface area contributed by atoms with Gasteiger partial charge in [-0.3, -0.25) is 14.9 Å². The van der Waals surface area contributed by atoms with E-state index in [0.717, 1.165) is 0 Å². The summed E-state index contributed by atoms with van der Waals surface area (Å²) in [5, 5.41) is 16.7. The number of amides is 1. The monoisotopic (exact) mass is 406 g/mol. The molecule has 10 heteroatoms. The van der Waals surface area contributed by atoms with Crippen LogP contribution in [0.15, 0.2) is 41.4 Å². The highest BCUT2D eigenvalue weighted by Crippen LogP contribution is 2.23. The van der Waals surface area contributed by atoms with Crippen molar-refractivity contribution in [1.29, 1.82) is 0 Å². The van der Waals surface area contributed by atoms with E-state index < -0.39 is 20.7 Å². The molecule has 150 valence electrons. The number of nitrogens with one attached hydrogen (secondary N) is 2. The Bertz CT molecular complexity index is 972. The number of pyridine rings is 1. The van der Waals surface area contributed by atoms with E-state index in [1.54, 1.807) is 19.1 Å². The van der Waals surface area contributed by atoms with Crippen LogP contribution in [0.2, 0.25) is 0 Å². The summed E-state index contributed by atoms with van der Waals surface area (Å²) >= 11 is 0. The van der Waals surface area contributed by atoms with Crippen LogP contribution in [-0.2, 0) is 16.4 Å². The van der Waals surface area contributed by atoms with Gasteiger partial charge in [0.25, 0.3) is 5.91 Å². The van der Waals surface area contributed by atoms with Crippen molar-refractivity contribution in [2.24, 2.45) is 0 Å². The number of rotatable bonds is 8. The number of hydrogen-bond donors (Lipinski definition) is 2. The van der Waals surface area contributed by atoms with Gasteiger partial charge >= 0.3 is 5.69 Å². The molecule has 1 aromatic carbocycles. The first kappa shape index (κ1) is 21.3. The van der Waals surface area contributed by atoms with Crippen molar-refractivity contribution in [3.05, 3.63) is 57.8 Å². The Morgan fingerprint density at radius 2 is 1.89 bits per heavy atom. The molecule has 0 saturated heterocycles. The van der Waals surface area contributed by atoms with Crippen LogP contribution in [0.5, 0.6) is 0 Å². The van der Waals surface area contributed by atoms with Crippen LogP contribution < -0.4 is 10.6 Å². The van der Waals surface area contributed by atoms with Crippen LogP contribution >= 0.6 is 0 Å². The Morgan fingerprint density at radius 1 is 1.25 bits per heavy atom. The second kappa shape index (κ2) is 8.79. The maximum atomic E-state index is 12.3. The summed E-state index contributed by atoms with van der Waals surface area (Å²) in [6, 6.07) is 7.31. The lowest BCUT2D eigenvalue weighted by Crippen LogP contribution is -2.23. The average molecular weight is 406 g/mol. The molecule has 0 aliphatic heterocycles. The van der Waals surface area contributed by atoms with Crippen molar-refractivity contribution in [3.63, 3.8) is 0 Å². The summed E-state index contributed by atoms with van der Waals surface area (Å²) in [5.74, 6) is -0.405. The fourth-order valence-corrected chi connectivity index (χ4v) is 3.25. The molecule has 1 amide bonds. The standard InChI is InChI=1S/C18H22N4O5S/c1-4-28(26,27)15-7-5-13(6-8-15)10-20-18(23)14-9-16(22(24)25)17(19-11-14)21-12(2)3/h5-9,11-12H,4,10H2,1-3H3,(H,19,21)(H,20,23). The molecule has 2 N–H and O–H groups in total. The largest absolute Gasteiger partial charge is 0.362 e. The molecule has 1 aromatic heterocycles. The number of sulfone groups is 1. The van der Waals surface area contributed by atoms with Gasteiger partial charge in [0, 0.05) is 24.8 Å². The number of benzene rings is 1. The zero-order chi connectivity index (χ0) is 20.9. The molecule has 0 unspecified atom stereocenters. The minimum Gasteiger partial charge on any atom is -0.362 e. The number of carbonyl (C=O) groups excluding carboxylic acids is 1. The normalized spacial score (nSPS) is 11.3. The van der Waals surface area contributed by atoms with Crippen molar-refractivity contribution in [2.45, 2.75) is 38.3 Å².